The van der Waals surface area contributed by atoms with Gasteiger partial charge in [0.05, 0.1) is 5.01 Å². The SMILES string of the molecule is Cc1nc(C(=O)CC2CCCCC2)cs1. The van der Waals surface area contributed by atoms with Gasteiger partial charge in [0.25, 0.3) is 0 Å². The molecule has 1 fully saturated rings. The molecule has 1 aliphatic rings. The van der Waals surface area contributed by atoms with E-state index in [1.165, 1.54) is 32.1 Å². The minimum Gasteiger partial charge on any atom is -0.292 e. The Morgan fingerprint density at radius 3 is 2.80 bits per heavy atom. The third-order valence-corrected chi connectivity index (χ3v) is 3.88. The molecule has 0 atom stereocenters. The Morgan fingerprint density at radius 2 is 2.20 bits per heavy atom. The summed E-state index contributed by atoms with van der Waals surface area (Å²) < 4.78 is 0. The van der Waals surface area contributed by atoms with Gasteiger partial charge in [-0.15, -0.1) is 11.3 Å². The third kappa shape index (κ3) is 2.88. The Kier molecular flexibility index (Phi) is 3.52. The largest absolute Gasteiger partial charge is 0.292 e. The highest BCUT2D eigenvalue weighted by molar-refractivity contribution is 7.09. The molecule has 2 rings (SSSR count). The molecule has 1 aromatic heterocycles. The number of aryl methyl sites for hydroxylation is 1. The van der Waals surface area contributed by atoms with Crippen LogP contribution < -0.4 is 0 Å². The van der Waals surface area contributed by atoms with Crippen molar-refractivity contribution in [3.05, 3.63) is 16.1 Å². The molecule has 82 valence electrons. The summed E-state index contributed by atoms with van der Waals surface area (Å²) >= 11 is 1.56. The lowest BCUT2D eigenvalue weighted by Crippen LogP contribution is -2.12. The summed E-state index contributed by atoms with van der Waals surface area (Å²) in [6, 6.07) is 0. The average Bonchev–Trinajstić information content (AvgIpc) is 2.66. The fourth-order valence-electron chi connectivity index (χ4n) is 2.25. The van der Waals surface area contributed by atoms with Crippen LogP contribution in [0.2, 0.25) is 0 Å². The molecule has 3 heteroatoms. The van der Waals surface area contributed by atoms with E-state index < -0.39 is 0 Å². The zero-order chi connectivity index (χ0) is 10.7. The van der Waals surface area contributed by atoms with E-state index in [2.05, 4.69) is 4.98 Å². The number of rotatable bonds is 3. The zero-order valence-electron chi connectivity index (χ0n) is 9.16. The predicted octanol–water partition coefficient (Wildman–Crippen LogP) is 3.60. The summed E-state index contributed by atoms with van der Waals surface area (Å²) in [7, 11) is 0. The van der Waals surface area contributed by atoms with Gasteiger partial charge >= 0.3 is 0 Å². The maximum absolute atomic E-state index is 11.9. The van der Waals surface area contributed by atoms with Crippen LogP contribution in [-0.2, 0) is 0 Å². The summed E-state index contributed by atoms with van der Waals surface area (Å²) in [6.45, 7) is 1.95. The molecular weight excluding hydrogens is 206 g/mol. The number of ketones is 1. The summed E-state index contributed by atoms with van der Waals surface area (Å²) in [5, 5.41) is 2.88. The number of carbonyl (C=O) groups excluding carboxylic acids is 1. The first-order chi connectivity index (χ1) is 7.25. The van der Waals surface area contributed by atoms with Gasteiger partial charge < -0.3 is 0 Å². The molecule has 1 heterocycles. The van der Waals surface area contributed by atoms with Gasteiger partial charge in [0.15, 0.2) is 5.78 Å². The highest BCUT2D eigenvalue weighted by Crippen LogP contribution is 2.27. The van der Waals surface area contributed by atoms with Crippen molar-refractivity contribution in [2.45, 2.75) is 45.4 Å². The van der Waals surface area contributed by atoms with E-state index in [1.54, 1.807) is 11.3 Å². The number of carbonyl (C=O) groups is 1. The first kappa shape index (κ1) is 10.8. The van der Waals surface area contributed by atoms with Gasteiger partial charge in [0.2, 0.25) is 0 Å². The van der Waals surface area contributed by atoms with E-state index in [0.717, 1.165) is 5.01 Å². The minimum absolute atomic E-state index is 0.242. The van der Waals surface area contributed by atoms with Crippen LogP contribution >= 0.6 is 11.3 Å². The molecule has 0 unspecified atom stereocenters. The van der Waals surface area contributed by atoms with Gasteiger partial charge in [-0.3, -0.25) is 4.79 Å². The second-order valence-electron chi connectivity index (χ2n) is 4.38. The van der Waals surface area contributed by atoms with E-state index in [9.17, 15) is 4.79 Å². The number of Topliss-reactive ketones (excluding diaryl/α,β-unsaturated/α-hetero) is 1. The van der Waals surface area contributed by atoms with Crippen molar-refractivity contribution in [1.82, 2.24) is 4.98 Å². The highest BCUT2D eigenvalue weighted by Gasteiger charge is 2.19. The quantitative estimate of drug-likeness (QED) is 0.733. The molecule has 0 saturated heterocycles. The fourth-order valence-corrected chi connectivity index (χ4v) is 2.87. The van der Waals surface area contributed by atoms with E-state index >= 15 is 0 Å². The Morgan fingerprint density at radius 1 is 1.47 bits per heavy atom. The van der Waals surface area contributed by atoms with Crippen LogP contribution in [-0.4, -0.2) is 10.8 Å². The number of nitrogens with zero attached hydrogens (tertiary/aromatic N) is 1. The minimum atomic E-state index is 0.242. The van der Waals surface area contributed by atoms with Gasteiger partial charge in [0.1, 0.15) is 5.69 Å². The van der Waals surface area contributed by atoms with E-state index in [-0.39, 0.29) is 5.78 Å². The van der Waals surface area contributed by atoms with Crippen molar-refractivity contribution >= 4 is 17.1 Å². The summed E-state index contributed by atoms with van der Waals surface area (Å²) in [5.41, 5.74) is 0.683. The van der Waals surface area contributed by atoms with Crippen LogP contribution in [0.4, 0.5) is 0 Å². The zero-order valence-corrected chi connectivity index (χ0v) is 9.98. The number of hydrogen-bond donors (Lipinski definition) is 0. The summed E-state index contributed by atoms with van der Waals surface area (Å²) in [5.74, 6) is 0.861. The van der Waals surface area contributed by atoms with Gasteiger partial charge in [-0.2, -0.15) is 0 Å². The Bertz CT molecular complexity index is 339. The van der Waals surface area contributed by atoms with Crippen LogP contribution in [0.15, 0.2) is 5.38 Å². The summed E-state index contributed by atoms with van der Waals surface area (Å²) in [4.78, 5) is 16.1. The lowest BCUT2D eigenvalue weighted by molar-refractivity contribution is 0.0946. The lowest BCUT2D eigenvalue weighted by atomic mass is 9.85. The van der Waals surface area contributed by atoms with Crippen LogP contribution in [0.3, 0.4) is 0 Å². The second-order valence-corrected chi connectivity index (χ2v) is 5.45. The van der Waals surface area contributed by atoms with Crippen LogP contribution in [0.25, 0.3) is 0 Å². The molecule has 2 nitrogen and oxygen atoms in total. The second kappa shape index (κ2) is 4.88. The molecule has 0 amide bonds. The van der Waals surface area contributed by atoms with Crippen molar-refractivity contribution < 1.29 is 4.79 Å². The maximum Gasteiger partial charge on any atom is 0.182 e. The van der Waals surface area contributed by atoms with Gasteiger partial charge in [-0.25, -0.2) is 4.98 Å². The molecule has 0 N–H and O–H groups in total. The Hall–Kier alpha value is -0.700. The molecule has 0 radical (unpaired) electrons. The van der Waals surface area contributed by atoms with Crippen molar-refractivity contribution in [2.24, 2.45) is 5.92 Å². The molecule has 0 spiro atoms. The molecule has 1 aliphatic carbocycles. The predicted molar refractivity (Wildman–Crippen MR) is 62.4 cm³/mol. The summed E-state index contributed by atoms with van der Waals surface area (Å²) in [6.07, 6.45) is 7.12. The van der Waals surface area contributed by atoms with Gasteiger partial charge in [-0.05, 0) is 12.8 Å². The highest BCUT2D eigenvalue weighted by atomic mass is 32.1. The molecule has 0 bridgehead atoms. The Labute approximate surface area is 94.7 Å². The van der Waals surface area contributed by atoms with Crippen LogP contribution in [0.1, 0.15) is 54.0 Å². The number of thiazole rings is 1. The van der Waals surface area contributed by atoms with Crippen molar-refractivity contribution in [1.29, 1.82) is 0 Å². The monoisotopic (exact) mass is 223 g/mol. The van der Waals surface area contributed by atoms with E-state index in [0.29, 0.717) is 18.0 Å². The van der Waals surface area contributed by atoms with Crippen molar-refractivity contribution in [3.63, 3.8) is 0 Å². The van der Waals surface area contributed by atoms with Gasteiger partial charge in [-0.1, -0.05) is 32.1 Å². The molecular formula is C12H17NOS. The average molecular weight is 223 g/mol. The fraction of sp³-hybridized carbons (Fsp3) is 0.667. The lowest BCUT2D eigenvalue weighted by Gasteiger charge is -2.20. The Balaban J connectivity index is 1.91. The molecule has 0 aliphatic heterocycles. The normalized spacial score (nSPS) is 17.9. The van der Waals surface area contributed by atoms with E-state index in [1.807, 2.05) is 12.3 Å². The molecule has 1 saturated carbocycles. The molecule has 0 aromatic carbocycles. The van der Waals surface area contributed by atoms with Crippen LogP contribution in [0.5, 0.6) is 0 Å². The first-order valence-electron chi connectivity index (χ1n) is 5.71. The van der Waals surface area contributed by atoms with Crippen molar-refractivity contribution in [3.8, 4) is 0 Å². The van der Waals surface area contributed by atoms with Crippen molar-refractivity contribution in [2.75, 3.05) is 0 Å². The molecule has 15 heavy (non-hydrogen) atoms. The topological polar surface area (TPSA) is 30.0 Å². The standard InChI is InChI=1S/C12H17NOS/c1-9-13-11(8-15-9)12(14)7-10-5-3-2-4-6-10/h8,10H,2-7H2,1H3. The third-order valence-electron chi connectivity index (χ3n) is 3.10. The van der Waals surface area contributed by atoms with Crippen LogP contribution in [0, 0.1) is 12.8 Å². The van der Waals surface area contributed by atoms with E-state index in [4.69, 9.17) is 0 Å². The van der Waals surface area contributed by atoms with Gasteiger partial charge in [0, 0.05) is 11.8 Å². The number of hydrogen-bond acceptors (Lipinski definition) is 3. The maximum atomic E-state index is 11.9. The first-order valence-corrected chi connectivity index (χ1v) is 6.59. The number of aromatic nitrogens is 1. The molecule has 1 aromatic rings. The smallest absolute Gasteiger partial charge is 0.182 e.